The number of nitriles is 1. The molecule has 4 nitrogen and oxygen atoms in total. The Morgan fingerprint density at radius 2 is 2.06 bits per heavy atom. The number of aromatic nitrogens is 2. The van der Waals surface area contributed by atoms with Gasteiger partial charge in [0.25, 0.3) is 0 Å². The molecule has 1 heterocycles. The Balaban J connectivity index is 2.40. The number of halogens is 1. The zero-order valence-electron chi connectivity index (χ0n) is 10.0. The monoisotopic (exact) mass is 302 g/mol. The molecule has 0 saturated heterocycles. The molecule has 1 N–H and O–H groups in total. The maximum atomic E-state index is 9.15. The van der Waals surface area contributed by atoms with Crippen LogP contribution in [0.1, 0.15) is 17.0 Å². The maximum absolute atomic E-state index is 9.15. The van der Waals surface area contributed by atoms with Gasteiger partial charge in [-0.1, -0.05) is 12.1 Å². The second-order valence-corrected chi connectivity index (χ2v) is 4.67. The second kappa shape index (κ2) is 5.15. The Morgan fingerprint density at radius 3 is 2.72 bits per heavy atom. The number of benzene rings is 1. The summed E-state index contributed by atoms with van der Waals surface area (Å²) in [6.07, 6.45) is 0. The third kappa shape index (κ3) is 2.66. The zero-order chi connectivity index (χ0) is 13.1. The molecule has 0 aliphatic carbocycles. The Bertz CT molecular complexity index is 611. The summed E-state index contributed by atoms with van der Waals surface area (Å²) in [5.41, 5.74) is 2.32. The average molecular weight is 303 g/mol. The number of anilines is 2. The fraction of sp³-hybridized carbons (Fsp3) is 0.154. The summed E-state index contributed by atoms with van der Waals surface area (Å²) in [5, 5.41) is 12.3. The zero-order valence-corrected chi connectivity index (χ0v) is 11.6. The van der Waals surface area contributed by atoms with Gasteiger partial charge < -0.3 is 5.32 Å². The van der Waals surface area contributed by atoms with Crippen molar-refractivity contribution in [3.8, 4) is 6.07 Å². The van der Waals surface area contributed by atoms with Crippen molar-refractivity contribution >= 4 is 27.4 Å². The molecule has 90 valence electrons. The van der Waals surface area contributed by atoms with Gasteiger partial charge in [-0.05, 0) is 41.4 Å². The predicted octanol–water partition coefficient (Wildman–Crippen LogP) is 3.47. The summed E-state index contributed by atoms with van der Waals surface area (Å²) in [5.74, 6) is 1.33. The van der Waals surface area contributed by atoms with Crippen molar-refractivity contribution < 1.29 is 0 Å². The number of nitrogens with one attached hydrogen (secondary N) is 1. The van der Waals surface area contributed by atoms with E-state index in [0.29, 0.717) is 21.8 Å². The van der Waals surface area contributed by atoms with E-state index < -0.39 is 0 Å². The third-order valence-electron chi connectivity index (χ3n) is 2.45. The number of aryl methyl sites for hydroxylation is 2. The van der Waals surface area contributed by atoms with Crippen LogP contribution < -0.4 is 5.32 Å². The first kappa shape index (κ1) is 12.5. The molecular weight excluding hydrogens is 292 g/mol. The van der Waals surface area contributed by atoms with Crippen LogP contribution in [-0.2, 0) is 0 Å². The van der Waals surface area contributed by atoms with E-state index in [0.717, 1.165) is 11.3 Å². The highest BCUT2D eigenvalue weighted by Gasteiger charge is 2.06. The minimum Gasteiger partial charge on any atom is -0.339 e. The topological polar surface area (TPSA) is 61.6 Å². The van der Waals surface area contributed by atoms with Crippen LogP contribution >= 0.6 is 15.9 Å². The Labute approximate surface area is 114 Å². The smallest absolute Gasteiger partial charge is 0.135 e. The molecule has 1 aromatic heterocycles. The van der Waals surface area contributed by atoms with E-state index in [-0.39, 0.29) is 0 Å². The highest BCUT2D eigenvalue weighted by Crippen LogP contribution is 2.23. The number of hydrogen-bond acceptors (Lipinski definition) is 4. The molecule has 0 amide bonds. The fourth-order valence-electron chi connectivity index (χ4n) is 1.65. The minimum absolute atomic E-state index is 0.630. The first-order valence-electron chi connectivity index (χ1n) is 5.38. The molecule has 0 aliphatic heterocycles. The van der Waals surface area contributed by atoms with Crippen molar-refractivity contribution in [3.63, 3.8) is 0 Å². The van der Waals surface area contributed by atoms with Crippen LogP contribution in [0.4, 0.5) is 11.5 Å². The molecule has 2 rings (SSSR count). The van der Waals surface area contributed by atoms with Gasteiger partial charge in [0.2, 0.25) is 0 Å². The SMILES string of the molecule is Cc1nc(Br)cc(Nc2cccc(C)c2C#N)n1. The normalized spacial score (nSPS) is 9.89. The van der Waals surface area contributed by atoms with Gasteiger partial charge in [-0.15, -0.1) is 0 Å². The lowest BCUT2D eigenvalue weighted by Crippen LogP contribution is -2.00. The standard InChI is InChI=1S/C13H11BrN4/c1-8-4-3-5-11(10(8)7-15)18-13-6-12(14)16-9(2)17-13/h3-6H,1-2H3,(H,16,17,18). The van der Waals surface area contributed by atoms with Crippen LogP contribution in [0.15, 0.2) is 28.9 Å². The molecule has 2 aromatic rings. The van der Waals surface area contributed by atoms with Crippen molar-refractivity contribution in [2.45, 2.75) is 13.8 Å². The Kier molecular flexibility index (Phi) is 3.58. The summed E-state index contributed by atoms with van der Waals surface area (Å²) in [7, 11) is 0. The largest absolute Gasteiger partial charge is 0.339 e. The second-order valence-electron chi connectivity index (χ2n) is 3.86. The molecule has 0 unspecified atom stereocenters. The van der Waals surface area contributed by atoms with E-state index in [9.17, 15) is 0 Å². The van der Waals surface area contributed by atoms with Gasteiger partial charge in [-0.25, -0.2) is 9.97 Å². The third-order valence-corrected chi connectivity index (χ3v) is 2.86. The van der Waals surface area contributed by atoms with Gasteiger partial charge in [0.15, 0.2) is 0 Å². The van der Waals surface area contributed by atoms with Crippen molar-refractivity contribution in [2.75, 3.05) is 5.32 Å². The molecule has 5 heteroatoms. The first-order chi connectivity index (χ1) is 8.60. The van der Waals surface area contributed by atoms with Gasteiger partial charge >= 0.3 is 0 Å². The van der Waals surface area contributed by atoms with Crippen LogP contribution in [0.2, 0.25) is 0 Å². The summed E-state index contributed by atoms with van der Waals surface area (Å²) in [6, 6.07) is 9.64. The summed E-state index contributed by atoms with van der Waals surface area (Å²) >= 11 is 3.32. The van der Waals surface area contributed by atoms with E-state index >= 15 is 0 Å². The molecule has 0 atom stereocenters. The Morgan fingerprint density at radius 1 is 1.28 bits per heavy atom. The highest BCUT2D eigenvalue weighted by molar-refractivity contribution is 9.10. The molecule has 18 heavy (non-hydrogen) atoms. The summed E-state index contributed by atoms with van der Waals surface area (Å²) in [6.45, 7) is 3.72. The van der Waals surface area contributed by atoms with Crippen LogP contribution in [0, 0.1) is 25.2 Å². The lowest BCUT2D eigenvalue weighted by Gasteiger charge is -2.09. The molecule has 0 saturated carbocycles. The lowest BCUT2D eigenvalue weighted by molar-refractivity contribution is 1.04. The fourth-order valence-corrected chi connectivity index (χ4v) is 2.13. The van der Waals surface area contributed by atoms with Gasteiger partial charge in [-0.3, -0.25) is 0 Å². The molecule has 0 spiro atoms. The van der Waals surface area contributed by atoms with Gasteiger partial charge in [0.1, 0.15) is 22.3 Å². The van der Waals surface area contributed by atoms with E-state index in [1.165, 1.54) is 0 Å². The molecule has 0 bridgehead atoms. The van der Waals surface area contributed by atoms with Crippen molar-refractivity contribution in [1.82, 2.24) is 9.97 Å². The summed E-state index contributed by atoms with van der Waals surface area (Å²) in [4.78, 5) is 8.41. The summed E-state index contributed by atoms with van der Waals surface area (Å²) < 4.78 is 0.712. The molecule has 0 fully saturated rings. The van der Waals surface area contributed by atoms with Crippen LogP contribution in [-0.4, -0.2) is 9.97 Å². The minimum atomic E-state index is 0.630. The highest BCUT2D eigenvalue weighted by atomic mass is 79.9. The predicted molar refractivity (Wildman–Crippen MR) is 73.6 cm³/mol. The van der Waals surface area contributed by atoms with Crippen molar-refractivity contribution in [2.24, 2.45) is 0 Å². The van der Waals surface area contributed by atoms with E-state index in [1.807, 2.05) is 32.0 Å². The molecule has 0 aliphatic rings. The first-order valence-corrected chi connectivity index (χ1v) is 6.17. The number of hydrogen-bond donors (Lipinski definition) is 1. The van der Waals surface area contributed by atoms with Crippen LogP contribution in [0.5, 0.6) is 0 Å². The van der Waals surface area contributed by atoms with E-state index in [4.69, 9.17) is 5.26 Å². The van der Waals surface area contributed by atoms with Gasteiger partial charge in [-0.2, -0.15) is 5.26 Å². The van der Waals surface area contributed by atoms with Gasteiger partial charge in [0.05, 0.1) is 11.3 Å². The number of rotatable bonds is 2. The quantitative estimate of drug-likeness (QED) is 0.863. The van der Waals surface area contributed by atoms with E-state index in [2.05, 4.69) is 37.3 Å². The average Bonchev–Trinajstić information content (AvgIpc) is 2.27. The molecule has 1 aromatic carbocycles. The molecular formula is C13H11BrN4. The molecule has 0 radical (unpaired) electrons. The van der Waals surface area contributed by atoms with Crippen LogP contribution in [0.3, 0.4) is 0 Å². The van der Waals surface area contributed by atoms with E-state index in [1.54, 1.807) is 6.07 Å². The van der Waals surface area contributed by atoms with Crippen LogP contribution in [0.25, 0.3) is 0 Å². The van der Waals surface area contributed by atoms with Crippen molar-refractivity contribution in [1.29, 1.82) is 5.26 Å². The maximum Gasteiger partial charge on any atom is 0.135 e. The number of nitrogens with zero attached hydrogens (tertiary/aromatic N) is 3. The van der Waals surface area contributed by atoms with Gasteiger partial charge in [0, 0.05) is 6.07 Å². The Hall–Kier alpha value is -1.93. The van der Waals surface area contributed by atoms with Crippen molar-refractivity contribution in [3.05, 3.63) is 45.8 Å². The lowest BCUT2D eigenvalue weighted by atomic mass is 10.1.